The van der Waals surface area contributed by atoms with Crippen LogP contribution in [0.2, 0.25) is 0 Å². The number of amides is 1. The highest BCUT2D eigenvalue weighted by molar-refractivity contribution is 7.13. The van der Waals surface area contributed by atoms with Crippen molar-refractivity contribution in [1.29, 1.82) is 0 Å². The number of aromatic nitrogens is 1. The van der Waals surface area contributed by atoms with Crippen molar-refractivity contribution in [3.63, 3.8) is 0 Å². The van der Waals surface area contributed by atoms with Crippen LogP contribution in [0.15, 0.2) is 60.0 Å². The molecule has 1 aliphatic rings. The first-order valence-corrected chi connectivity index (χ1v) is 12.3. The minimum absolute atomic E-state index is 0.0680. The lowest BCUT2D eigenvalue weighted by Crippen LogP contribution is -2.30. The molecule has 0 aliphatic carbocycles. The molecule has 0 saturated heterocycles. The van der Waals surface area contributed by atoms with Gasteiger partial charge >= 0.3 is 0 Å². The number of nitrogens with one attached hydrogen (secondary N) is 1. The van der Waals surface area contributed by atoms with Gasteiger partial charge in [-0.05, 0) is 52.6 Å². The molecule has 1 N–H and O–H groups in total. The summed E-state index contributed by atoms with van der Waals surface area (Å²) in [6.07, 6.45) is 0.940. The second-order valence-electron chi connectivity index (χ2n) is 8.43. The Morgan fingerprint density at radius 3 is 2.60 bits per heavy atom. The first kappa shape index (κ1) is 23.1. The number of fused-ring (bicyclic) bond motifs is 2. The van der Waals surface area contributed by atoms with E-state index in [0.29, 0.717) is 17.4 Å². The lowest BCUT2D eigenvalue weighted by Gasteiger charge is -2.29. The van der Waals surface area contributed by atoms with E-state index >= 15 is 0 Å². The monoisotopic (exact) mass is 489 g/mol. The maximum atomic E-state index is 12.4. The van der Waals surface area contributed by atoms with Crippen LogP contribution in [-0.4, -0.2) is 43.2 Å². The van der Waals surface area contributed by atoms with E-state index in [-0.39, 0.29) is 12.5 Å². The number of nitrogens with zero attached hydrogens (tertiary/aromatic N) is 2. The van der Waals surface area contributed by atoms with Crippen molar-refractivity contribution in [2.75, 3.05) is 32.7 Å². The molecule has 1 aliphatic heterocycles. The fourth-order valence-electron chi connectivity index (χ4n) is 4.30. The van der Waals surface area contributed by atoms with Crippen LogP contribution in [-0.2, 0) is 24.3 Å². The summed E-state index contributed by atoms with van der Waals surface area (Å²) in [6.45, 7) is 2.39. The maximum Gasteiger partial charge on any atom is 0.264 e. The number of carbonyl (C=O) groups is 1. The maximum absolute atomic E-state index is 12.4. The van der Waals surface area contributed by atoms with Gasteiger partial charge in [0, 0.05) is 25.0 Å². The van der Waals surface area contributed by atoms with E-state index in [1.807, 2.05) is 47.8 Å². The molecule has 0 spiro atoms. The average molecular weight is 490 g/mol. The van der Waals surface area contributed by atoms with Gasteiger partial charge in [0.1, 0.15) is 5.75 Å². The highest BCUT2D eigenvalue weighted by atomic mass is 32.1. The summed E-state index contributed by atoms with van der Waals surface area (Å²) in [4.78, 5) is 19.3. The van der Waals surface area contributed by atoms with E-state index in [1.165, 1.54) is 22.5 Å². The molecule has 7 nitrogen and oxygen atoms in total. The fraction of sp³-hybridized carbons (Fsp3) is 0.259. The van der Waals surface area contributed by atoms with Crippen LogP contribution in [0.3, 0.4) is 0 Å². The van der Waals surface area contributed by atoms with Gasteiger partial charge in [0.2, 0.25) is 0 Å². The summed E-state index contributed by atoms with van der Waals surface area (Å²) >= 11 is 1.42. The molecule has 0 saturated carbocycles. The topological polar surface area (TPSA) is 72.9 Å². The van der Waals surface area contributed by atoms with Crippen LogP contribution in [0.1, 0.15) is 16.8 Å². The molecular weight excluding hydrogens is 462 g/mol. The Morgan fingerprint density at radius 1 is 1.03 bits per heavy atom. The van der Waals surface area contributed by atoms with Crippen molar-refractivity contribution >= 4 is 33.1 Å². The zero-order valence-corrected chi connectivity index (χ0v) is 20.6. The summed E-state index contributed by atoms with van der Waals surface area (Å²) < 4.78 is 16.6. The zero-order chi connectivity index (χ0) is 24.2. The van der Waals surface area contributed by atoms with Crippen LogP contribution < -0.4 is 19.5 Å². The van der Waals surface area contributed by atoms with E-state index in [1.54, 1.807) is 14.2 Å². The third-order valence-corrected chi connectivity index (χ3v) is 6.88. The van der Waals surface area contributed by atoms with Gasteiger partial charge in [-0.3, -0.25) is 15.0 Å². The van der Waals surface area contributed by atoms with Gasteiger partial charge in [0.25, 0.3) is 5.91 Å². The Bertz CT molecular complexity index is 1350. The van der Waals surface area contributed by atoms with Crippen molar-refractivity contribution in [3.05, 3.63) is 76.8 Å². The molecule has 1 amide bonds. The second kappa shape index (κ2) is 10.3. The van der Waals surface area contributed by atoms with Crippen LogP contribution in [0.5, 0.6) is 17.2 Å². The smallest absolute Gasteiger partial charge is 0.264 e. The van der Waals surface area contributed by atoms with E-state index in [4.69, 9.17) is 14.2 Å². The zero-order valence-electron chi connectivity index (χ0n) is 19.7. The Balaban J connectivity index is 1.15. The molecule has 0 fully saturated rings. The summed E-state index contributed by atoms with van der Waals surface area (Å²) in [5, 5.41) is 7.63. The van der Waals surface area contributed by atoms with Gasteiger partial charge in [0.05, 0.1) is 19.9 Å². The normalized spacial score (nSPS) is 13.3. The van der Waals surface area contributed by atoms with E-state index in [2.05, 4.69) is 27.3 Å². The predicted molar refractivity (Wildman–Crippen MR) is 138 cm³/mol. The van der Waals surface area contributed by atoms with Gasteiger partial charge in [-0.15, -0.1) is 11.3 Å². The lowest BCUT2D eigenvalue weighted by atomic mass is 9.98. The SMILES string of the molecule is COc1cc2c(cc1OC)CN(Cc1csc(NC(=O)COc3ccc4ccccc4c3)n1)CC2. The number of thiazole rings is 1. The molecule has 3 aromatic carbocycles. The number of anilines is 1. The van der Waals surface area contributed by atoms with E-state index < -0.39 is 0 Å². The van der Waals surface area contributed by atoms with Gasteiger partial charge in [0.15, 0.2) is 23.2 Å². The van der Waals surface area contributed by atoms with Gasteiger partial charge in [-0.2, -0.15) is 0 Å². The fourth-order valence-corrected chi connectivity index (χ4v) is 5.02. The predicted octanol–water partition coefficient (Wildman–Crippen LogP) is 4.89. The number of ether oxygens (including phenoxy) is 3. The number of carbonyl (C=O) groups excluding carboxylic acids is 1. The summed E-state index contributed by atoms with van der Waals surface area (Å²) in [5.74, 6) is 1.95. The summed E-state index contributed by atoms with van der Waals surface area (Å²) in [6, 6.07) is 18.0. The first-order valence-electron chi connectivity index (χ1n) is 11.4. The summed E-state index contributed by atoms with van der Waals surface area (Å²) in [5.41, 5.74) is 3.46. The van der Waals surface area contributed by atoms with E-state index in [0.717, 1.165) is 47.5 Å². The molecule has 4 aromatic rings. The Kier molecular flexibility index (Phi) is 6.83. The van der Waals surface area contributed by atoms with Crippen molar-refractivity contribution < 1.29 is 19.0 Å². The molecule has 1 aromatic heterocycles. The van der Waals surface area contributed by atoms with Crippen LogP contribution in [0, 0.1) is 0 Å². The molecule has 0 bridgehead atoms. The van der Waals surface area contributed by atoms with Gasteiger partial charge in [-0.1, -0.05) is 30.3 Å². The minimum Gasteiger partial charge on any atom is -0.493 e. The largest absolute Gasteiger partial charge is 0.493 e. The number of hydrogen-bond donors (Lipinski definition) is 1. The molecule has 5 rings (SSSR count). The lowest BCUT2D eigenvalue weighted by molar-refractivity contribution is -0.118. The highest BCUT2D eigenvalue weighted by Crippen LogP contribution is 2.33. The standard InChI is InChI=1S/C27H27N3O4S/c1-32-24-12-20-9-10-30(14-21(20)13-25(24)33-2)15-22-17-35-27(28-22)29-26(31)16-34-23-8-7-18-5-3-4-6-19(18)11-23/h3-8,11-13,17H,9-10,14-16H2,1-2H3,(H,28,29,31). The highest BCUT2D eigenvalue weighted by Gasteiger charge is 2.20. The number of rotatable bonds is 8. The van der Waals surface area contributed by atoms with Crippen LogP contribution in [0.25, 0.3) is 10.8 Å². The third-order valence-electron chi connectivity index (χ3n) is 6.07. The van der Waals surface area contributed by atoms with Crippen LogP contribution >= 0.6 is 11.3 Å². The summed E-state index contributed by atoms with van der Waals surface area (Å²) in [7, 11) is 3.32. The Labute approximate surface area is 208 Å². The van der Waals surface area contributed by atoms with Gasteiger partial charge < -0.3 is 14.2 Å². The number of methoxy groups -OCH3 is 2. The molecule has 0 radical (unpaired) electrons. The number of benzene rings is 3. The van der Waals surface area contributed by atoms with Crippen molar-refractivity contribution in [2.45, 2.75) is 19.5 Å². The average Bonchev–Trinajstić information content (AvgIpc) is 3.32. The molecule has 2 heterocycles. The van der Waals surface area contributed by atoms with Gasteiger partial charge in [-0.25, -0.2) is 4.98 Å². The Hall–Kier alpha value is -3.62. The molecule has 0 unspecified atom stereocenters. The molecule has 0 atom stereocenters. The van der Waals surface area contributed by atoms with E-state index in [9.17, 15) is 4.79 Å². The Morgan fingerprint density at radius 2 is 1.80 bits per heavy atom. The minimum atomic E-state index is -0.230. The number of hydrogen-bond acceptors (Lipinski definition) is 7. The molecule has 180 valence electrons. The molecule has 8 heteroatoms. The van der Waals surface area contributed by atoms with Crippen molar-refractivity contribution in [2.24, 2.45) is 0 Å². The molecule has 35 heavy (non-hydrogen) atoms. The quantitative estimate of drug-likeness (QED) is 0.380. The van der Waals surface area contributed by atoms with Crippen molar-refractivity contribution in [1.82, 2.24) is 9.88 Å². The third kappa shape index (κ3) is 5.39. The second-order valence-corrected chi connectivity index (χ2v) is 9.28. The van der Waals surface area contributed by atoms with Crippen molar-refractivity contribution in [3.8, 4) is 17.2 Å². The molecular formula is C27H27N3O4S. The first-order chi connectivity index (χ1) is 17.1. The van der Waals surface area contributed by atoms with Crippen LogP contribution in [0.4, 0.5) is 5.13 Å².